The highest BCUT2D eigenvalue weighted by atomic mass is 35.5. The summed E-state index contributed by atoms with van der Waals surface area (Å²) in [5, 5.41) is 2.58. The maximum atomic E-state index is 14.4. The summed E-state index contributed by atoms with van der Waals surface area (Å²) >= 11 is 6.55. The van der Waals surface area contributed by atoms with Crippen LogP contribution in [0.15, 0.2) is 52.7 Å². The number of nitrogens with one attached hydrogen (secondary N) is 1. The molecule has 15 heteroatoms. The van der Waals surface area contributed by atoms with Gasteiger partial charge in [0.05, 0.1) is 22.1 Å². The van der Waals surface area contributed by atoms with E-state index in [0.717, 1.165) is 25.0 Å². The van der Waals surface area contributed by atoms with E-state index in [1.807, 2.05) is 6.92 Å². The summed E-state index contributed by atoms with van der Waals surface area (Å²) in [6, 6.07) is 8.90. The fraction of sp³-hybridized carbons (Fsp3) is 0.407. The van der Waals surface area contributed by atoms with Crippen molar-refractivity contribution < 1.29 is 35.2 Å². The van der Waals surface area contributed by atoms with Gasteiger partial charge in [-0.2, -0.15) is 17.5 Å². The summed E-state index contributed by atoms with van der Waals surface area (Å²) in [4.78, 5) is 19.9. The highest BCUT2D eigenvalue weighted by Gasteiger charge is 2.53. The molecule has 2 saturated heterocycles. The first-order valence-electron chi connectivity index (χ1n) is 13.0. The quantitative estimate of drug-likeness (QED) is 0.309. The van der Waals surface area contributed by atoms with E-state index >= 15 is 0 Å². The van der Waals surface area contributed by atoms with Crippen molar-refractivity contribution in [3.8, 4) is 11.3 Å². The average Bonchev–Trinajstić information content (AvgIpc) is 3.65. The molecule has 0 bridgehead atoms. The predicted molar refractivity (Wildman–Crippen MR) is 149 cm³/mol. The number of halogens is 6. The van der Waals surface area contributed by atoms with Crippen LogP contribution in [0.2, 0.25) is 4.34 Å². The van der Waals surface area contributed by atoms with E-state index in [2.05, 4.69) is 15.2 Å². The van der Waals surface area contributed by atoms with Crippen LogP contribution in [0.25, 0.3) is 11.3 Å². The highest BCUT2D eigenvalue weighted by Crippen LogP contribution is 2.38. The van der Waals surface area contributed by atoms with E-state index < -0.39 is 52.6 Å². The molecule has 0 saturated carbocycles. The number of carbonyl (C=O) groups is 1. The molecule has 42 heavy (non-hydrogen) atoms. The van der Waals surface area contributed by atoms with Gasteiger partial charge in [0.1, 0.15) is 16.1 Å². The molecule has 2 aliphatic heterocycles. The molecule has 0 radical (unpaired) electrons. The molecule has 2 atom stereocenters. The van der Waals surface area contributed by atoms with Gasteiger partial charge in [0.25, 0.3) is 15.9 Å². The molecule has 4 heterocycles. The fourth-order valence-corrected chi connectivity index (χ4v) is 8.42. The normalized spacial score (nSPS) is 21.2. The van der Waals surface area contributed by atoms with Crippen molar-refractivity contribution in [3.63, 3.8) is 0 Å². The molecule has 3 aromatic rings. The van der Waals surface area contributed by atoms with Crippen molar-refractivity contribution in [2.45, 2.75) is 61.1 Å². The van der Waals surface area contributed by atoms with Gasteiger partial charge in [0.15, 0.2) is 0 Å². The molecular weight excluding hydrogens is 623 g/mol. The number of alkyl halides is 5. The number of benzene rings is 1. The first kappa shape index (κ1) is 30.6. The van der Waals surface area contributed by atoms with Crippen LogP contribution in [-0.4, -0.2) is 54.7 Å². The molecule has 7 nitrogen and oxygen atoms in total. The molecule has 0 spiro atoms. The Hall–Kier alpha value is -2.81. The molecular formula is C27H26ClF5N4O3S2. The number of thiophene rings is 1. The van der Waals surface area contributed by atoms with E-state index in [-0.39, 0.29) is 21.1 Å². The van der Waals surface area contributed by atoms with Crippen LogP contribution in [0.1, 0.15) is 37.3 Å². The molecule has 1 aromatic carbocycles. The summed E-state index contributed by atoms with van der Waals surface area (Å²) < 4.78 is 94.8. The molecule has 1 N–H and O–H groups in total. The zero-order chi connectivity index (χ0) is 30.4. The van der Waals surface area contributed by atoms with Gasteiger partial charge < -0.3 is 10.2 Å². The third-order valence-electron chi connectivity index (χ3n) is 7.33. The van der Waals surface area contributed by atoms with E-state index in [1.165, 1.54) is 24.3 Å². The third-order valence-corrected chi connectivity index (χ3v) is 10.9. The number of carbonyl (C=O) groups excluding carboxylic acids is 1. The van der Waals surface area contributed by atoms with Crippen LogP contribution < -0.4 is 10.2 Å². The summed E-state index contributed by atoms with van der Waals surface area (Å²) in [5.41, 5.74) is 0.509. The van der Waals surface area contributed by atoms with Crippen LogP contribution in [-0.2, 0) is 27.5 Å². The van der Waals surface area contributed by atoms with Gasteiger partial charge in [-0.1, -0.05) is 23.7 Å². The lowest BCUT2D eigenvalue weighted by molar-refractivity contribution is -0.137. The minimum atomic E-state index is -4.50. The molecule has 1 unspecified atom stereocenters. The van der Waals surface area contributed by atoms with E-state index in [4.69, 9.17) is 11.6 Å². The molecule has 5 rings (SSSR count). The van der Waals surface area contributed by atoms with Crippen LogP contribution in [0, 0.1) is 0 Å². The third kappa shape index (κ3) is 6.41. The maximum Gasteiger partial charge on any atom is 0.416 e. The second-order valence-electron chi connectivity index (χ2n) is 10.4. The number of pyridine rings is 1. The molecule has 2 aliphatic rings. The summed E-state index contributed by atoms with van der Waals surface area (Å²) in [6.45, 7) is 1.45. The predicted octanol–water partition coefficient (Wildman–Crippen LogP) is 6.19. The summed E-state index contributed by atoms with van der Waals surface area (Å²) in [6.07, 6.45) is -3.63. The number of nitrogens with zero attached hydrogens (tertiary/aromatic N) is 3. The zero-order valence-electron chi connectivity index (χ0n) is 22.2. The van der Waals surface area contributed by atoms with Gasteiger partial charge in [-0.25, -0.2) is 22.2 Å². The van der Waals surface area contributed by atoms with Gasteiger partial charge in [-0.05, 0) is 61.7 Å². The number of aromatic nitrogens is 1. The van der Waals surface area contributed by atoms with Crippen molar-refractivity contribution in [2.24, 2.45) is 0 Å². The highest BCUT2D eigenvalue weighted by molar-refractivity contribution is 7.91. The van der Waals surface area contributed by atoms with E-state index in [0.29, 0.717) is 44.8 Å². The van der Waals surface area contributed by atoms with Gasteiger partial charge in [0.2, 0.25) is 5.91 Å². The summed E-state index contributed by atoms with van der Waals surface area (Å²) in [5.74, 6) is -3.75. The zero-order valence-corrected chi connectivity index (χ0v) is 24.6. The van der Waals surface area contributed by atoms with Gasteiger partial charge >= 0.3 is 6.18 Å². The Balaban J connectivity index is 1.41. The van der Waals surface area contributed by atoms with Crippen molar-refractivity contribution >= 4 is 44.7 Å². The average molecular weight is 649 g/mol. The molecule has 226 valence electrons. The lowest BCUT2D eigenvalue weighted by atomic mass is 10.1. The van der Waals surface area contributed by atoms with Crippen LogP contribution in [0.5, 0.6) is 0 Å². The van der Waals surface area contributed by atoms with Crippen molar-refractivity contribution in [3.05, 3.63) is 64.0 Å². The molecule has 1 amide bonds. The van der Waals surface area contributed by atoms with Crippen LogP contribution in [0.3, 0.4) is 0 Å². The largest absolute Gasteiger partial charge is 0.416 e. The monoisotopic (exact) mass is 648 g/mol. The summed E-state index contributed by atoms with van der Waals surface area (Å²) in [7, 11) is -4.42. The second kappa shape index (κ2) is 11.4. The Morgan fingerprint density at radius 1 is 1.17 bits per heavy atom. The number of sulfonamides is 1. The fourth-order valence-electron chi connectivity index (χ4n) is 5.19. The number of hydrogen-bond acceptors (Lipinski definition) is 6. The minimum Gasteiger partial charge on any atom is -0.354 e. The number of hydrogen-bond donors (Lipinski definition) is 1. The van der Waals surface area contributed by atoms with Crippen molar-refractivity contribution in [1.82, 2.24) is 14.6 Å². The Morgan fingerprint density at radius 2 is 1.88 bits per heavy atom. The Kier molecular flexibility index (Phi) is 8.29. The smallest absolute Gasteiger partial charge is 0.354 e. The standard InChI is InChI=1S/C27H26ClF5N4O3S2/c1-16-3-2-10-36(16)23-12-17(11-20(35-23)18-4-6-19(7-5-18)27(31,32)33)14-34-25(38)21-13-26(29,30)15-37(21)42(39,40)24-9-8-22(28)41-24/h4-9,11-12,16,21H,2-3,10,13-15H2,1H3,(H,34,38)/t16?,21-/m0/s1. The number of rotatable bonds is 7. The minimum absolute atomic E-state index is 0.148. The van der Waals surface area contributed by atoms with Crippen molar-refractivity contribution in [2.75, 3.05) is 18.0 Å². The number of amides is 1. The first-order valence-corrected chi connectivity index (χ1v) is 15.7. The van der Waals surface area contributed by atoms with Gasteiger partial charge in [-0.15, -0.1) is 11.3 Å². The Bertz CT molecular complexity index is 1580. The second-order valence-corrected chi connectivity index (χ2v) is 14.2. The van der Waals surface area contributed by atoms with Crippen LogP contribution >= 0.6 is 22.9 Å². The maximum absolute atomic E-state index is 14.4. The van der Waals surface area contributed by atoms with Gasteiger partial charge in [0, 0.05) is 31.1 Å². The van der Waals surface area contributed by atoms with Gasteiger partial charge in [-0.3, -0.25) is 4.79 Å². The van der Waals surface area contributed by atoms with Crippen LogP contribution in [0.4, 0.5) is 27.8 Å². The molecule has 2 aromatic heterocycles. The van der Waals surface area contributed by atoms with E-state index in [1.54, 1.807) is 12.1 Å². The topological polar surface area (TPSA) is 82.6 Å². The lowest BCUT2D eigenvalue weighted by Crippen LogP contribution is -2.45. The molecule has 0 aliphatic carbocycles. The van der Waals surface area contributed by atoms with E-state index in [9.17, 15) is 35.2 Å². The Labute approximate surface area is 248 Å². The SMILES string of the molecule is CC1CCCN1c1cc(CNC(=O)[C@@H]2CC(F)(F)CN2S(=O)(=O)c2ccc(Cl)s2)cc(-c2ccc(C(F)(F)F)cc2)n1. The number of anilines is 1. The first-order chi connectivity index (χ1) is 19.6. The lowest BCUT2D eigenvalue weighted by Gasteiger charge is -2.24. The Morgan fingerprint density at radius 3 is 2.48 bits per heavy atom. The molecule has 2 fully saturated rings. The van der Waals surface area contributed by atoms with Crippen molar-refractivity contribution in [1.29, 1.82) is 0 Å².